The van der Waals surface area contributed by atoms with Gasteiger partial charge in [0.1, 0.15) is 0 Å². The summed E-state index contributed by atoms with van der Waals surface area (Å²) < 4.78 is 5.28. The first-order chi connectivity index (χ1) is 4.83. The van der Waals surface area contributed by atoms with Crippen molar-refractivity contribution in [3.8, 4) is 0 Å². The maximum absolute atomic E-state index is 10.7. The molecule has 0 radical (unpaired) electrons. The molecule has 0 unspecified atom stereocenters. The van der Waals surface area contributed by atoms with Crippen LogP contribution >= 0.6 is 0 Å². The molecule has 66 valence electrons. The molecule has 2 nitrogen and oxygen atoms in total. The predicted octanol–water partition coefficient (Wildman–Crippen LogP) is 1.78. The summed E-state index contributed by atoms with van der Waals surface area (Å²) in [7, 11) is -2.19. The highest BCUT2D eigenvalue weighted by Gasteiger charge is 2.26. The Morgan fingerprint density at radius 2 is 1.91 bits per heavy atom. The first-order valence-electron chi connectivity index (χ1n) is 4.03. The minimum absolute atomic E-state index is 0.115. The van der Waals surface area contributed by atoms with E-state index in [0.29, 0.717) is 0 Å². The van der Waals surface area contributed by atoms with E-state index in [0.717, 1.165) is 0 Å². The summed E-state index contributed by atoms with van der Waals surface area (Å²) in [6, 6.07) is 0. The van der Waals surface area contributed by atoms with Crippen molar-refractivity contribution in [2.24, 2.45) is 0 Å². The molecule has 0 atom stereocenters. The second-order valence-corrected chi connectivity index (χ2v) is 12.1. The van der Waals surface area contributed by atoms with Crippen LogP contribution in [0, 0.1) is 0 Å². The molecule has 4 heteroatoms. The molecule has 0 aromatic carbocycles. The van der Waals surface area contributed by atoms with Crippen molar-refractivity contribution in [3.05, 3.63) is 0 Å². The van der Waals surface area contributed by atoms with Gasteiger partial charge in [-0.05, 0) is 18.8 Å². The molecule has 0 amide bonds. The molecule has 0 aromatic heterocycles. The fourth-order valence-electron chi connectivity index (χ4n) is 1.41. The molecule has 0 N–H and O–H groups in total. The van der Waals surface area contributed by atoms with Crippen LogP contribution in [0.3, 0.4) is 0 Å². The van der Waals surface area contributed by atoms with Crippen molar-refractivity contribution in [1.29, 1.82) is 0 Å². The van der Waals surface area contributed by atoms with Gasteiger partial charge in [0, 0.05) is 15.7 Å². The zero-order valence-electron chi connectivity index (χ0n) is 8.10. The van der Waals surface area contributed by atoms with Gasteiger partial charge in [-0.3, -0.25) is 4.79 Å². The molecule has 0 rings (SSSR count). The van der Waals surface area contributed by atoms with E-state index in [1.54, 1.807) is 0 Å². The van der Waals surface area contributed by atoms with Crippen molar-refractivity contribution >= 4 is 23.1 Å². The van der Waals surface area contributed by atoms with Gasteiger partial charge in [0.25, 0.3) is 5.97 Å². The summed E-state index contributed by atoms with van der Waals surface area (Å²) in [6.45, 7) is 10.3. The summed E-state index contributed by atoms with van der Waals surface area (Å²) in [4.78, 5) is 10.7. The summed E-state index contributed by atoms with van der Waals surface area (Å²) in [5.41, 5.74) is 1.19. The molecule has 0 saturated carbocycles. The Morgan fingerprint density at radius 1 is 1.45 bits per heavy atom. The van der Waals surface area contributed by atoms with Gasteiger partial charge < -0.3 is 4.43 Å². The van der Waals surface area contributed by atoms with Gasteiger partial charge in [0.05, 0.1) is 0 Å². The van der Waals surface area contributed by atoms with E-state index in [-0.39, 0.29) is 5.97 Å². The van der Waals surface area contributed by atoms with Crippen molar-refractivity contribution < 1.29 is 9.22 Å². The molecular formula is C7H18O2Si2. The Morgan fingerprint density at radius 3 is 2.18 bits per heavy atom. The summed E-state index contributed by atoms with van der Waals surface area (Å²) >= 11 is 0. The highest BCUT2D eigenvalue weighted by molar-refractivity contribution is 6.84. The Hall–Kier alpha value is -0.0962. The highest BCUT2D eigenvalue weighted by Crippen LogP contribution is 2.13. The third-order valence-corrected chi connectivity index (χ3v) is 9.36. The third-order valence-electron chi connectivity index (χ3n) is 1.32. The number of rotatable bonds is 3. The molecule has 0 aliphatic rings. The van der Waals surface area contributed by atoms with Crippen LogP contribution in [0.4, 0.5) is 0 Å². The molecular weight excluding hydrogens is 172 g/mol. The Labute approximate surface area is 71.7 Å². The highest BCUT2D eigenvalue weighted by atomic mass is 28.4. The zero-order chi connectivity index (χ0) is 9.07. The van der Waals surface area contributed by atoms with Crippen LogP contribution in [0.5, 0.6) is 0 Å². The smallest absolute Gasteiger partial charge is 0.289 e. The van der Waals surface area contributed by atoms with Gasteiger partial charge in [-0.2, -0.15) is 0 Å². The maximum atomic E-state index is 10.7. The SMILES string of the molecule is CC(=O)O[Si](C)(C)C[SiH](C)C. The van der Waals surface area contributed by atoms with E-state index >= 15 is 0 Å². The van der Waals surface area contributed by atoms with E-state index in [1.807, 2.05) is 0 Å². The van der Waals surface area contributed by atoms with Gasteiger partial charge in [0.15, 0.2) is 0 Å². The second kappa shape index (κ2) is 4.06. The summed E-state index contributed by atoms with van der Waals surface area (Å²) in [6.07, 6.45) is 0. The third kappa shape index (κ3) is 6.31. The summed E-state index contributed by atoms with van der Waals surface area (Å²) in [5, 5.41) is 0. The van der Waals surface area contributed by atoms with Crippen LogP contribution in [-0.4, -0.2) is 23.1 Å². The normalized spacial score (nSPS) is 11.8. The lowest BCUT2D eigenvalue weighted by atomic mass is 10.9. The van der Waals surface area contributed by atoms with Gasteiger partial charge in [-0.15, -0.1) is 0 Å². The minimum atomic E-state index is -1.62. The van der Waals surface area contributed by atoms with Crippen LogP contribution in [0.15, 0.2) is 0 Å². The van der Waals surface area contributed by atoms with Crippen LogP contribution in [0.2, 0.25) is 31.9 Å². The second-order valence-electron chi connectivity index (χ2n) is 3.95. The van der Waals surface area contributed by atoms with Crippen LogP contribution in [-0.2, 0) is 9.22 Å². The van der Waals surface area contributed by atoms with Crippen molar-refractivity contribution in [2.45, 2.75) is 38.8 Å². The van der Waals surface area contributed by atoms with Gasteiger partial charge in [0.2, 0.25) is 8.32 Å². The lowest BCUT2D eigenvalue weighted by molar-refractivity contribution is -0.132. The Bertz CT molecular complexity index is 143. The summed E-state index contributed by atoms with van der Waals surface area (Å²) in [5.74, 6) is -0.115. The van der Waals surface area contributed by atoms with Crippen molar-refractivity contribution in [3.63, 3.8) is 0 Å². The fraction of sp³-hybridized carbons (Fsp3) is 0.857. The van der Waals surface area contributed by atoms with Crippen LogP contribution in [0.1, 0.15) is 6.92 Å². The predicted molar refractivity (Wildman–Crippen MR) is 52.9 cm³/mol. The van der Waals surface area contributed by atoms with Gasteiger partial charge in [-0.25, -0.2) is 0 Å². The van der Waals surface area contributed by atoms with E-state index in [4.69, 9.17) is 4.43 Å². The number of hydrogen-bond acceptors (Lipinski definition) is 2. The molecule has 11 heavy (non-hydrogen) atoms. The van der Waals surface area contributed by atoms with Crippen molar-refractivity contribution in [1.82, 2.24) is 0 Å². The quantitative estimate of drug-likeness (QED) is 0.634. The molecule has 0 aromatic rings. The monoisotopic (exact) mass is 190 g/mol. The lowest BCUT2D eigenvalue weighted by Crippen LogP contribution is -2.36. The molecule has 0 bridgehead atoms. The largest absolute Gasteiger partial charge is 0.520 e. The van der Waals surface area contributed by atoms with Crippen LogP contribution < -0.4 is 0 Å². The number of carbonyl (C=O) groups excluding carboxylic acids is 1. The molecule has 0 saturated heterocycles. The zero-order valence-corrected chi connectivity index (χ0v) is 10.3. The Kier molecular flexibility index (Phi) is 4.03. The van der Waals surface area contributed by atoms with E-state index in [9.17, 15) is 4.79 Å². The molecule has 0 fully saturated rings. The van der Waals surface area contributed by atoms with E-state index in [1.165, 1.54) is 12.6 Å². The first kappa shape index (κ1) is 10.9. The minimum Gasteiger partial charge on any atom is -0.520 e. The molecule has 0 aliphatic carbocycles. The van der Waals surface area contributed by atoms with Crippen molar-refractivity contribution in [2.75, 3.05) is 0 Å². The maximum Gasteiger partial charge on any atom is 0.289 e. The standard InChI is InChI=1S/C7H18O2Si2/c1-7(8)9-11(4,5)6-10(2)3/h10H,6H2,1-5H3. The lowest BCUT2D eigenvalue weighted by Gasteiger charge is -2.22. The van der Waals surface area contributed by atoms with E-state index < -0.39 is 17.1 Å². The number of carbonyl (C=O) groups is 1. The van der Waals surface area contributed by atoms with Gasteiger partial charge >= 0.3 is 0 Å². The van der Waals surface area contributed by atoms with E-state index in [2.05, 4.69) is 26.2 Å². The average molecular weight is 190 g/mol. The number of hydrogen-bond donors (Lipinski definition) is 0. The average Bonchev–Trinajstić information content (AvgIpc) is 1.53. The van der Waals surface area contributed by atoms with Gasteiger partial charge in [-0.1, -0.05) is 13.1 Å². The topological polar surface area (TPSA) is 26.3 Å². The molecule has 0 heterocycles. The molecule has 0 spiro atoms. The van der Waals surface area contributed by atoms with Crippen LogP contribution in [0.25, 0.3) is 0 Å². The molecule has 0 aliphatic heterocycles. The Balaban J connectivity index is 3.89. The first-order valence-corrected chi connectivity index (χ1v) is 10.3. The fourth-order valence-corrected chi connectivity index (χ4v) is 10.4.